The number of nitrogens with one attached hydrogen (secondary N) is 1. The number of rotatable bonds is 4. The molecule has 0 spiro atoms. The van der Waals surface area contributed by atoms with E-state index >= 15 is 0 Å². The maximum absolute atomic E-state index is 12.1. The number of hydrogen-bond acceptors (Lipinski definition) is 4. The number of carbonyl (C=O) groups excluding carboxylic acids is 2. The number of piperidine rings is 1. The Kier molecular flexibility index (Phi) is 5.52. The summed E-state index contributed by atoms with van der Waals surface area (Å²) in [6.07, 6.45) is 3.49. The Morgan fingerprint density at radius 1 is 1.27 bits per heavy atom. The molecule has 1 aliphatic rings. The van der Waals surface area contributed by atoms with Crippen molar-refractivity contribution in [3.05, 3.63) is 29.8 Å². The van der Waals surface area contributed by atoms with Crippen molar-refractivity contribution in [3.8, 4) is 5.75 Å². The smallest absolute Gasteiger partial charge is 0.271 e. The van der Waals surface area contributed by atoms with E-state index < -0.39 is 5.91 Å². The molecule has 0 aromatic heterocycles. The summed E-state index contributed by atoms with van der Waals surface area (Å²) >= 11 is 0. The standard InChI is InChI=1S/C16H21N3O3/c1-12(10-15(21)19-8-3-2-4-9-19)17-18-16(22)13-6-5-7-14(20)11-13/h5-7,11,20H,2-4,8-10H2,1H3,(H,18,22)/b17-12-. The van der Waals surface area contributed by atoms with E-state index in [4.69, 9.17) is 0 Å². The summed E-state index contributed by atoms with van der Waals surface area (Å²) in [6, 6.07) is 6.02. The van der Waals surface area contributed by atoms with Crippen molar-refractivity contribution in [2.24, 2.45) is 5.10 Å². The van der Waals surface area contributed by atoms with Gasteiger partial charge in [0.2, 0.25) is 5.91 Å². The van der Waals surface area contributed by atoms with E-state index in [-0.39, 0.29) is 18.1 Å². The molecule has 0 bridgehead atoms. The Morgan fingerprint density at radius 2 is 2.00 bits per heavy atom. The van der Waals surface area contributed by atoms with E-state index in [2.05, 4.69) is 10.5 Å². The lowest BCUT2D eigenvalue weighted by molar-refractivity contribution is -0.130. The molecule has 2 rings (SSSR count). The lowest BCUT2D eigenvalue weighted by atomic mass is 10.1. The molecule has 0 saturated carbocycles. The topological polar surface area (TPSA) is 82.0 Å². The Hall–Kier alpha value is -2.37. The van der Waals surface area contributed by atoms with Crippen LogP contribution in [0.25, 0.3) is 0 Å². The van der Waals surface area contributed by atoms with Gasteiger partial charge in [0.1, 0.15) is 5.75 Å². The van der Waals surface area contributed by atoms with E-state index in [1.54, 1.807) is 19.1 Å². The number of carbonyl (C=O) groups is 2. The fraction of sp³-hybridized carbons (Fsp3) is 0.438. The molecule has 118 valence electrons. The first-order chi connectivity index (χ1) is 10.6. The summed E-state index contributed by atoms with van der Waals surface area (Å²) in [7, 11) is 0. The number of likely N-dealkylation sites (tertiary alicyclic amines) is 1. The zero-order valence-electron chi connectivity index (χ0n) is 12.7. The minimum atomic E-state index is -0.416. The van der Waals surface area contributed by atoms with Crippen LogP contribution >= 0.6 is 0 Å². The van der Waals surface area contributed by atoms with E-state index in [0.29, 0.717) is 11.3 Å². The minimum Gasteiger partial charge on any atom is -0.508 e. The van der Waals surface area contributed by atoms with Gasteiger partial charge >= 0.3 is 0 Å². The van der Waals surface area contributed by atoms with Crippen molar-refractivity contribution in [3.63, 3.8) is 0 Å². The lowest BCUT2D eigenvalue weighted by Gasteiger charge is -2.26. The van der Waals surface area contributed by atoms with Crippen LogP contribution in [0.1, 0.15) is 43.0 Å². The Morgan fingerprint density at radius 3 is 2.68 bits per heavy atom. The SMILES string of the molecule is C/C(CC(=O)N1CCCCC1)=N/NC(=O)c1cccc(O)c1. The first kappa shape index (κ1) is 16.0. The van der Waals surface area contributed by atoms with Crippen molar-refractivity contribution in [2.45, 2.75) is 32.6 Å². The molecule has 2 amide bonds. The van der Waals surface area contributed by atoms with Crippen LogP contribution in [0, 0.1) is 0 Å². The van der Waals surface area contributed by atoms with Gasteiger partial charge in [-0.3, -0.25) is 9.59 Å². The van der Waals surface area contributed by atoms with Crippen LogP contribution in [-0.4, -0.2) is 40.6 Å². The molecule has 1 saturated heterocycles. The highest BCUT2D eigenvalue weighted by Gasteiger charge is 2.17. The zero-order chi connectivity index (χ0) is 15.9. The molecular weight excluding hydrogens is 282 g/mol. The van der Waals surface area contributed by atoms with Gasteiger partial charge < -0.3 is 10.0 Å². The molecule has 1 heterocycles. The van der Waals surface area contributed by atoms with E-state index in [9.17, 15) is 14.7 Å². The fourth-order valence-corrected chi connectivity index (χ4v) is 2.37. The van der Waals surface area contributed by atoms with Crippen LogP contribution in [0.4, 0.5) is 0 Å². The molecule has 0 unspecified atom stereocenters. The number of hydrazone groups is 1. The molecule has 22 heavy (non-hydrogen) atoms. The normalized spacial score (nSPS) is 15.5. The number of nitrogens with zero attached hydrogens (tertiary/aromatic N) is 2. The number of benzene rings is 1. The van der Waals surface area contributed by atoms with E-state index in [1.807, 2.05) is 4.90 Å². The maximum Gasteiger partial charge on any atom is 0.271 e. The third kappa shape index (κ3) is 4.58. The summed E-state index contributed by atoms with van der Waals surface area (Å²) in [5.74, 6) is -0.346. The van der Waals surface area contributed by atoms with Gasteiger partial charge in [-0.15, -0.1) is 0 Å². The fourth-order valence-electron chi connectivity index (χ4n) is 2.37. The molecule has 2 N–H and O–H groups in total. The van der Waals surface area contributed by atoms with Gasteiger partial charge in [-0.2, -0.15) is 5.10 Å². The molecule has 0 radical (unpaired) electrons. The zero-order valence-corrected chi connectivity index (χ0v) is 12.7. The maximum atomic E-state index is 12.1. The van der Waals surface area contributed by atoms with Crippen LogP contribution < -0.4 is 5.43 Å². The summed E-state index contributed by atoms with van der Waals surface area (Å²) in [5.41, 5.74) is 3.28. The number of aromatic hydroxyl groups is 1. The van der Waals surface area contributed by atoms with Gasteiger partial charge in [-0.25, -0.2) is 5.43 Å². The Labute approximate surface area is 129 Å². The van der Waals surface area contributed by atoms with Gasteiger partial charge in [0.05, 0.1) is 6.42 Å². The number of phenolic OH excluding ortho intramolecular Hbond substituents is 1. The monoisotopic (exact) mass is 303 g/mol. The lowest BCUT2D eigenvalue weighted by Crippen LogP contribution is -2.36. The quantitative estimate of drug-likeness (QED) is 0.658. The predicted molar refractivity (Wildman–Crippen MR) is 83.7 cm³/mol. The largest absolute Gasteiger partial charge is 0.508 e. The van der Waals surface area contributed by atoms with Crippen LogP contribution in [0.3, 0.4) is 0 Å². The first-order valence-corrected chi connectivity index (χ1v) is 7.46. The average Bonchev–Trinajstić information content (AvgIpc) is 2.53. The van der Waals surface area contributed by atoms with Crippen molar-refractivity contribution in [1.29, 1.82) is 0 Å². The van der Waals surface area contributed by atoms with Gasteiger partial charge in [-0.05, 0) is 44.4 Å². The molecule has 1 aliphatic heterocycles. The summed E-state index contributed by atoms with van der Waals surface area (Å²) < 4.78 is 0. The second-order valence-electron chi connectivity index (χ2n) is 5.46. The number of hydrogen-bond donors (Lipinski definition) is 2. The van der Waals surface area contributed by atoms with Crippen molar-refractivity contribution in [1.82, 2.24) is 10.3 Å². The molecule has 1 aromatic rings. The highest BCUT2D eigenvalue weighted by atomic mass is 16.3. The number of phenols is 1. The number of amides is 2. The summed E-state index contributed by atoms with van der Waals surface area (Å²) in [5, 5.41) is 13.3. The third-order valence-electron chi connectivity index (χ3n) is 3.57. The van der Waals surface area contributed by atoms with Crippen LogP contribution in [-0.2, 0) is 4.79 Å². The second kappa shape index (κ2) is 7.59. The molecule has 1 fully saturated rings. The molecule has 1 aromatic carbocycles. The minimum absolute atomic E-state index is 0.0219. The average molecular weight is 303 g/mol. The Bertz CT molecular complexity index is 578. The van der Waals surface area contributed by atoms with Crippen molar-refractivity contribution < 1.29 is 14.7 Å². The van der Waals surface area contributed by atoms with Gasteiger partial charge in [-0.1, -0.05) is 6.07 Å². The summed E-state index contributed by atoms with van der Waals surface area (Å²) in [6.45, 7) is 3.33. The third-order valence-corrected chi connectivity index (χ3v) is 3.57. The predicted octanol–water partition coefficient (Wildman–Crippen LogP) is 1.90. The van der Waals surface area contributed by atoms with Crippen LogP contribution in [0.15, 0.2) is 29.4 Å². The van der Waals surface area contributed by atoms with Crippen molar-refractivity contribution >= 4 is 17.5 Å². The molecule has 0 aliphatic carbocycles. The highest BCUT2D eigenvalue weighted by Crippen LogP contribution is 2.11. The molecule has 0 atom stereocenters. The van der Waals surface area contributed by atoms with Crippen LogP contribution in [0.5, 0.6) is 5.75 Å². The van der Waals surface area contributed by atoms with Crippen molar-refractivity contribution in [2.75, 3.05) is 13.1 Å². The molecular formula is C16H21N3O3. The molecule has 6 heteroatoms. The molecule has 6 nitrogen and oxygen atoms in total. The van der Waals surface area contributed by atoms with Gasteiger partial charge in [0, 0.05) is 24.4 Å². The van der Waals surface area contributed by atoms with E-state index in [1.165, 1.54) is 18.6 Å². The van der Waals surface area contributed by atoms with Crippen LogP contribution in [0.2, 0.25) is 0 Å². The first-order valence-electron chi connectivity index (χ1n) is 7.46. The van der Waals surface area contributed by atoms with E-state index in [0.717, 1.165) is 25.9 Å². The summed E-state index contributed by atoms with van der Waals surface area (Å²) in [4.78, 5) is 25.8. The van der Waals surface area contributed by atoms with Gasteiger partial charge in [0.25, 0.3) is 5.91 Å². The highest BCUT2D eigenvalue weighted by molar-refractivity contribution is 6.01. The Balaban J connectivity index is 1.86. The van der Waals surface area contributed by atoms with Gasteiger partial charge in [0.15, 0.2) is 0 Å². The second-order valence-corrected chi connectivity index (χ2v) is 5.46.